The van der Waals surface area contributed by atoms with E-state index >= 15 is 0 Å². The van der Waals surface area contributed by atoms with Crippen molar-refractivity contribution in [2.24, 2.45) is 0 Å². The third-order valence-corrected chi connectivity index (χ3v) is 3.04. The second-order valence-electron chi connectivity index (χ2n) is 4.00. The Hall–Kier alpha value is -2.36. The summed E-state index contributed by atoms with van der Waals surface area (Å²) >= 11 is 0. The normalized spacial score (nSPS) is 12.9. The second-order valence-corrected chi connectivity index (χ2v) is 4.00. The Bertz CT molecular complexity index is 718. The predicted molar refractivity (Wildman–Crippen MR) is 62.8 cm³/mol. The zero-order chi connectivity index (χ0) is 11.2. The molecule has 0 atom stereocenters. The number of ether oxygens (including phenoxy) is 1. The molecule has 0 saturated carbocycles. The second kappa shape index (κ2) is 3.07. The Morgan fingerprint density at radius 1 is 1.24 bits per heavy atom. The summed E-state index contributed by atoms with van der Waals surface area (Å²) in [5.41, 5.74) is 4.00. The molecule has 0 unspecified atom stereocenters. The number of fused-ring (bicyclic) bond motifs is 5. The van der Waals surface area contributed by atoms with Gasteiger partial charge in [-0.2, -0.15) is 0 Å². The Morgan fingerprint density at radius 2 is 2.18 bits per heavy atom. The van der Waals surface area contributed by atoms with Crippen molar-refractivity contribution in [1.82, 2.24) is 14.4 Å². The van der Waals surface area contributed by atoms with Crippen molar-refractivity contribution >= 4 is 5.65 Å². The largest absolute Gasteiger partial charge is 0.487 e. The fraction of sp³-hybridized carbons (Fsp3) is 0.0769. The first-order valence-electron chi connectivity index (χ1n) is 5.46. The molecule has 0 N–H and O–H groups in total. The highest BCUT2D eigenvalue weighted by atomic mass is 16.5. The van der Waals surface area contributed by atoms with E-state index in [2.05, 4.69) is 9.97 Å². The summed E-state index contributed by atoms with van der Waals surface area (Å²) in [4.78, 5) is 8.70. The third-order valence-electron chi connectivity index (χ3n) is 3.04. The Labute approximate surface area is 97.5 Å². The first kappa shape index (κ1) is 8.75. The molecule has 2 aromatic heterocycles. The van der Waals surface area contributed by atoms with Crippen LogP contribution >= 0.6 is 0 Å². The minimum absolute atomic E-state index is 0.553. The van der Waals surface area contributed by atoms with E-state index < -0.39 is 0 Å². The van der Waals surface area contributed by atoms with Crippen LogP contribution < -0.4 is 4.74 Å². The SMILES string of the molecule is c1ccc2c(c1)OCc1c-2nc2cnccn12. The molecule has 1 aromatic carbocycles. The molecule has 0 amide bonds. The molecule has 0 spiro atoms. The van der Waals surface area contributed by atoms with Crippen molar-refractivity contribution < 1.29 is 4.74 Å². The van der Waals surface area contributed by atoms with Gasteiger partial charge in [0.1, 0.15) is 12.4 Å². The van der Waals surface area contributed by atoms with Gasteiger partial charge in [0.15, 0.2) is 5.65 Å². The lowest BCUT2D eigenvalue weighted by atomic mass is 10.1. The van der Waals surface area contributed by atoms with E-state index in [4.69, 9.17) is 4.74 Å². The standard InChI is InChI=1S/C13H9N3O/c1-2-4-11-9(3-1)13-10(8-17-11)16-6-5-14-7-12(16)15-13/h1-7H,8H2. The van der Waals surface area contributed by atoms with Crippen molar-refractivity contribution in [3.05, 3.63) is 48.5 Å². The maximum atomic E-state index is 5.74. The zero-order valence-electron chi connectivity index (χ0n) is 9.00. The molecule has 0 bridgehead atoms. The summed E-state index contributed by atoms with van der Waals surface area (Å²) in [5.74, 6) is 0.899. The van der Waals surface area contributed by atoms with Crippen LogP contribution in [0, 0.1) is 0 Å². The molecule has 1 aliphatic rings. The van der Waals surface area contributed by atoms with Gasteiger partial charge in [0.25, 0.3) is 0 Å². The minimum Gasteiger partial charge on any atom is -0.487 e. The van der Waals surface area contributed by atoms with E-state index in [0.717, 1.165) is 28.3 Å². The highest BCUT2D eigenvalue weighted by Gasteiger charge is 2.21. The number of hydrogen-bond donors (Lipinski definition) is 0. The van der Waals surface area contributed by atoms with E-state index in [-0.39, 0.29) is 0 Å². The number of para-hydroxylation sites is 1. The van der Waals surface area contributed by atoms with Gasteiger partial charge in [0.05, 0.1) is 17.6 Å². The molecule has 0 saturated heterocycles. The average Bonchev–Trinajstić information content (AvgIpc) is 2.78. The first-order chi connectivity index (χ1) is 8.43. The van der Waals surface area contributed by atoms with Gasteiger partial charge >= 0.3 is 0 Å². The summed E-state index contributed by atoms with van der Waals surface area (Å²) in [7, 11) is 0. The molecule has 0 aliphatic carbocycles. The molecule has 3 aromatic rings. The van der Waals surface area contributed by atoms with Crippen molar-refractivity contribution in [3.8, 4) is 17.0 Å². The van der Waals surface area contributed by atoms with Crippen LogP contribution in [-0.2, 0) is 6.61 Å². The van der Waals surface area contributed by atoms with Gasteiger partial charge in [-0.1, -0.05) is 12.1 Å². The summed E-state index contributed by atoms with van der Waals surface area (Å²) in [5, 5.41) is 0. The molecule has 3 heterocycles. The Morgan fingerprint density at radius 3 is 3.18 bits per heavy atom. The van der Waals surface area contributed by atoms with Crippen LogP contribution in [0.1, 0.15) is 5.69 Å². The Balaban J connectivity index is 2.10. The van der Waals surface area contributed by atoms with Gasteiger partial charge in [-0.05, 0) is 12.1 Å². The van der Waals surface area contributed by atoms with E-state index in [9.17, 15) is 0 Å². The first-order valence-corrected chi connectivity index (χ1v) is 5.46. The number of hydrogen-bond acceptors (Lipinski definition) is 3. The molecule has 82 valence electrons. The van der Waals surface area contributed by atoms with Gasteiger partial charge in [0.2, 0.25) is 0 Å². The minimum atomic E-state index is 0.553. The van der Waals surface area contributed by atoms with Gasteiger partial charge in [-0.3, -0.25) is 9.38 Å². The van der Waals surface area contributed by atoms with E-state index in [1.165, 1.54) is 0 Å². The molecular formula is C13H9N3O. The van der Waals surface area contributed by atoms with Crippen molar-refractivity contribution in [1.29, 1.82) is 0 Å². The monoisotopic (exact) mass is 223 g/mol. The molecule has 17 heavy (non-hydrogen) atoms. The summed E-state index contributed by atoms with van der Waals surface area (Å²) < 4.78 is 7.76. The van der Waals surface area contributed by atoms with Crippen LogP contribution in [0.5, 0.6) is 5.75 Å². The van der Waals surface area contributed by atoms with Crippen LogP contribution in [0.3, 0.4) is 0 Å². The van der Waals surface area contributed by atoms with Gasteiger partial charge in [-0.15, -0.1) is 0 Å². The maximum Gasteiger partial charge on any atom is 0.156 e. The Kier molecular flexibility index (Phi) is 1.58. The molecule has 0 fully saturated rings. The van der Waals surface area contributed by atoms with Crippen LogP contribution in [0.4, 0.5) is 0 Å². The fourth-order valence-corrected chi connectivity index (χ4v) is 2.25. The van der Waals surface area contributed by atoms with Crippen molar-refractivity contribution in [2.45, 2.75) is 6.61 Å². The number of nitrogens with zero attached hydrogens (tertiary/aromatic N) is 3. The lowest BCUT2D eigenvalue weighted by molar-refractivity contribution is 0.296. The number of aromatic nitrogens is 3. The van der Waals surface area contributed by atoms with E-state index in [0.29, 0.717) is 6.61 Å². The summed E-state index contributed by atoms with van der Waals surface area (Å²) in [6, 6.07) is 7.98. The molecule has 1 aliphatic heterocycles. The third kappa shape index (κ3) is 1.12. The molecule has 0 radical (unpaired) electrons. The van der Waals surface area contributed by atoms with E-state index in [1.54, 1.807) is 12.4 Å². The summed E-state index contributed by atoms with van der Waals surface area (Å²) in [6.45, 7) is 0.553. The fourth-order valence-electron chi connectivity index (χ4n) is 2.25. The highest BCUT2D eigenvalue weighted by Crippen LogP contribution is 2.36. The quantitative estimate of drug-likeness (QED) is 0.587. The van der Waals surface area contributed by atoms with Crippen molar-refractivity contribution in [3.63, 3.8) is 0 Å². The molecule has 4 rings (SSSR count). The van der Waals surface area contributed by atoms with Gasteiger partial charge in [-0.25, -0.2) is 4.98 Å². The van der Waals surface area contributed by atoms with E-state index in [1.807, 2.05) is 34.9 Å². The summed E-state index contributed by atoms with van der Waals surface area (Å²) in [6.07, 6.45) is 5.44. The predicted octanol–water partition coefficient (Wildman–Crippen LogP) is 2.29. The number of imidazole rings is 1. The maximum absolute atomic E-state index is 5.74. The lowest BCUT2D eigenvalue weighted by Crippen LogP contribution is -2.06. The van der Waals surface area contributed by atoms with Crippen LogP contribution in [0.15, 0.2) is 42.9 Å². The average molecular weight is 223 g/mol. The lowest BCUT2D eigenvalue weighted by Gasteiger charge is -2.16. The van der Waals surface area contributed by atoms with Crippen LogP contribution in [0.25, 0.3) is 16.9 Å². The molecule has 4 nitrogen and oxygen atoms in total. The number of rotatable bonds is 0. The van der Waals surface area contributed by atoms with Crippen LogP contribution in [-0.4, -0.2) is 14.4 Å². The molecule has 4 heteroatoms. The van der Waals surface area contributed by atoms with Crippen molar-refractivity contribution in [2.75, 3.05) is 0 Å². The van der Waals surface area contributed by atoms with Gasteiger partial charge < -0.3 is 4.74 Å². The topological polar surface area (TPSA) is 39.4 Å². The van der Waals surface area contributed by atoms with Gasteiger partial charge in [0, 0.05) is 18.0 Å². The molecular weight excluding hydrogens is 214 g/mol. The zero-order valence-corrected chi connectivity index (χ0v) is 9.00. The number of benzene rings is 1. The van der Waals surface area contributed by atoms with Crippen LogP contribution in [0.2, 0.25) is 0 Å². The smallest absolute Gasteiger partial charge is 0.156 e. The highest BCUT2D eigenvalue weighted by molar-refractivity contribution is 5.73.